The molecule has 0 radical (unpaired) electrons. The van der Waals surface area contributed by atoms with Crippen molar-refractivity contribution < 1.29 is 0 Å². The fourth-order valence-electron chi connectivity index (χ4n) is 1.84. The van der Waals surface area contributed by atoms with Gasteiger partial charge in [0, 0.05) is 0 Å². The van der Waals surface area contributed by atoms with Gasteiger partial charge in [-0.2, -0.15) is 0 Å². The molecule has 1 heteroatoms. The van der Waals surface area contributed by atoms with Gasteiger partial charge in [0.05, 0.1) is 0 Å². The van der Waals surface area contributed by atoms with E-state index in [0.717, 1.165) is 24.3 Å². The standard InChI is InChI=1S/C10H21N/c1-4-8(3)10-6-9(10)7-11-5-2/h8-11H,4-7H2,1-3H3. The number of hydrogen-bond acceptors (Lipinski definition) is 1. The van der Waals surface area contributed by atoms with Gasteiger partial charge in [0.1, 0.15) is 0 Å². The van der Waals surface area contributed by atoms with E-state index in [4.69, 9.17) is 0 Å². The minimum absolute atomic E-state index is 0.957. The smallest absolute Gasteiger partial charge is 0.00178 e. The highest BCUT2D eigenvalue weighted by Gasteiger charge is 2.39. The molecule has 0 amide bonds. The SMILES string of the molecule is CCNCC1CC1C(C)CC. The minimum atomic E-state index is 0.957. The van der Waals surface area contributed by atoms with E-state index in [1.54, 1.807) is 0 Å². The zero-order valence-electron chi connectivity index (χ0n) is 8.06. The van der Waals surface area contributed by atoms with Crippen LogP contribution in [0.3, 0.4) is 0 Å². The predicted octanol–water partition coefficient (Wildman–Crippen LogP) is 2.28. The molecule has 3 atom stereocenters. The van der Waals surface area contributed by atoms with Gasteiger partial charge in [0.25, 0.3) is 0 Å². The molecule has 3 unspecified atom stereocenters. The molecule has 0 saturated heterocycles. The second kappa shape index (κ2) is 4.10. The highest BCUT2D eigenvalue weighted by Crippen LogP contribution is 2.44. The molecule has 0 aromatic rings. The molecule has 1 nitrogen and oxygen atoms in total. The van der Waals surface area contributed by atoms with Crippen molar-refractivity contribution in [3.8, 4) is 0 Å². The van der Waals surface area contributed by atoms with Crippen LogP contribution in [0.15, 0.2) is 0 Å². The number of rotatable bonds is 5. The molecule has 11 heavy (non-hydrogen) atoms. The fourth-order valence-corrected chi connectivity index (χ4v) is 1.84. The third kappa shape index (κ3) is 2.48. The number of nitrogens with one attached hydrogen (secondary N) is 1. The van der Waals surface area contributed by atoms with E-state index >= 15 is 0 Å². The van der Waals surface area contributed by atoms with Crippen LogP contribution in [-0.4, -0.2) is 13.1 Å². The third-order valence-electron chi connectivity index (χ3n) is 3.01. The van der Waals surface area contributed by atoms with Crippen molar-refractivity contribution in [1.82, 2.24) is 5.32 Å². The highest BCUT2D eigenvalue weighted by molar-refractivity contribution is 4.90. The molecular formula is C10H21N. The maximum Gasteiger partial charge on any atom is -0.00178 e. The summed E-state index contributed by atoms with van der Waals surface area (Å²) in [6.07, 6.45) is 2.83. The Labute approximate surface area is 70.6 Å². The Morgan fingerprint density at radius 2 is 2.18 bits per heavy atom. The summed E-state index contributed by atoms with van der Waals surface area (Å²) in [6.45, 7) is 9.25. The Hall–Kier alpha value is -0.0400. The quantitative estimate of drug-likeness (QED) is 0.642. The van der Waals surface area contributed by atoms with Crippen molar-refractivity contribution in [3.05, 3.63) is 0 Å². The molecule has 0 aliphatic heterocycles. The first-order chi connectivity index (χ1) is 5.29. The summed E-state index contributed by atoms with van der Waals surface area (Å²) >= 11 is 0. The van der Waals surface area contributed by atoms with Gasteiger partial charge in [-0.3, -0.25) is 0 Å². The van der Waals surface area contributed by atoms with E-state index < -0.39 is 0 Å². The lowest BCUT2D eigenvalue weighted by atomic mass is 10.0. The van der Waals surface area contributed by atoms with Gasteiger partial charge in [0.2, 0.25) is 0 Å². The van der Waals surface area contributed by atoms with Crippen molar-refractivity contribution in [2.24, 2.45) is 17.8 Å². The van der Waals surface area contributed by atoms with Gasteiger partial charge >= 0.3 is 0 Å². The Bertz CT molecular complexity index is 111. The Kier molecular flexibility index (Phi) is 3.38. The molecule has 0 bridgehead atoms. The monoisotopic (exact) mass is 155 g/mol. The summed E-state index contributed by atoms with van der Waals surface area (Å²) in [7, 11) is 0. The molecule has 1 saturated carbocycles. The molecule has 1 aliphatic carbocycles. The van der Waals surface area contributed by atoms with Crippen LogP contribution in [0.2, 0.25) is 0 Å². The maximum atomic E-state index is 3.42. The first-order valence-electron chi connectivity index (χ1n) is 5.00. The van der Waals surface area contributed by atoms with E-state index in [-0.39, 0.29) is 0 Å². The highest BCUT2D eigenvalue weighted by atomic mass is 14.9. The average Bonchev–Trinajstić information content (AvgIpc) is 2.78. The molecule has 0 spiro atoms. The summed E-state index contributed by atoms with van der Waals surface area (Å²) in [5.74, 6) is 3.00. The van der Waals surface area contributed by atoms with Gasteiger partial charge in [-0.25, -0.2) is 0 Å². The van der Waals surface area contributed by atoms with Crippen LogP contribution in [0.5, 0.6) is 0 Å². The van der Waals surface area contributed by atoms with Gasteiger partial charge in [-0.15, -0.1) is 0 Å². The molecule has 0 aromatic heterocycles. The summed E-state index contributed by atoms with van der Waals surface area (Å²) in [6, 6.07) is 0. The van der Waals surface area contributed by atoms with Crippen LogP contribution in [0.1, 0.15) is 33.6 Å². The molecule has 1 fully saturated rings. The first-order valence-corrected chi connectivity index (χ1v) is 5.00. The summed E-state index contributed by atoms with van der Waals surface area (Å²) in [5, 5.41) is 3.42. The van der Waals surface area contributed by atoms with Gasteiger partial charge in [0.15, 0.2) is 0 Å². The lowest BCUT2D eigenvalue weighted by Gasteiger charge is -2.06. The van der Waals surface area contributed by atoms with E-state index in [1.807, 2.05) is 0 Å². The Balaban J connectivity index is 2.06. The molecule has 0 heterocycles. The fraction of sp³-hybridized carbons (Fsp3) is 1.00. The Morgan fingerprint density at radius 1 is 1.45 bits per heavy atom. The lowest BCUT2D eigenvalue weighted by molar-refractivity contribution is 0.452. The second-order valence-electron chi connectivity index (χ2n) is 3.85. The molecule has 1 N–H and O–H groups in total. The van der Waals surface area contributed by atoms with Crippen LogP contribution < -0.4 is 5.32 Å². The molecular weight excluding hydrogens is 134 g/mol. The van der Waals surface area contributed by atoms with Gasteiger partial charge in [-0.05, 0) is 37.3 Å². The minimum Gasteiger partial charge on any atom is -0.317 e. The molecule has 0 aromatic carbocycles. The first kappa shape index (κ1) is 9.05. The van der Waals surface area contributed by atoms with Gasteiger partial charge in [-0.1, -0.05) is 27.2 Å². The lowest BCUT2D eigenvalue weighted by Crippen LogP contribution is -2.17. The van der Waals surface area contributed by atoms with Crippen molar-refractivity contribution in [3.63, 3.8) is 0 Å². The van der Waals surface area contributed by atoms with E-state index in [9.17, 15) is 0 Å². The summed E-state index contributed by atoms with van der Waals surface area (Å²) < 4.78 is 0. The Morgan fingerprint density at radius 3 is 2.73 bits per heavy atom. The second-order valence-corrected chi connectivity index (χ2v) is 3.85. The van der Waals surface area contributed by atoms with Crippen molar-refractivity contribution in [2.75, 3.05) is 13.1 Å². The van der Waals surface area contributed by atoms with Crippen LogP contribution in [0, 0.1) is 17.8 Å². The summed E-state index contributed by atoms with van der Waals surface area (Å²) in [4.78, 5) is 0. The largest absolute Gasteiger partial charge is 0.317 e. The van der Waals surface area contributed by atoms with Crippen LogP contribution in [0.4, 0.5) is 0 Å². The summed E-state index contributed by atoms with van der Waals surface area (Å²) in [5.41, 5.74) is 0. The van der Waals surface area contributed by atoms with Crippen molar-refractivity contribution in [2.45, 2.75) is 33.6 Å². The van der Waals surface area contributed by atoms with Crippen LogP contribution in [-0.2, 0) is 0 Å². The van der Waals surface area contributed by atoms with E-state index in [0.29, 0.717) is 0 Å². The molecule has 1 aliphatic rings. The maximum absolute atomic E-state index is 3.42. The van der Waals surface area contributed by atoms with Crippen molar-refractivity contribution >= 4 is 0 Å². The molecule has 66 valence electrons. The van der Waals surface area contributed by atoms with E-state index in [2.05, 4.69) is 26.1 Å². The normalized spacial score (nSPS) is 31.9. The number of hydrogen-bond donors (Lipinski definition) is 1. The van der Waals surface area contributed by atoms with Gasteiger partial charge < -0.3 is 5.32 Å². The van der Waals surface area contributed by atoms with Crippen molar-refractivity contribution in [1.29, 1.82) is 0 Å². The van der Waals surface area contributed by atoms with Crippen LogP contribution in [0.25, 0.3) is 0 Å². The average molecular weight is 155 g/mol. The molecule has 1 rings (SSSR count). The van der Waals surface area contributed by atoms with Crippen LogP contribution >= 0.6 is 0 Å². The third-order valence-corrected chi connectivity index (χ3v) is 3.01. The topological polar surface area (TPSA) is 12.0 Å². The van der Waals surface area contributed by atoms with E-state index in [1.165, 1.54) is 19.4 Å². The predicted molar refractivity (Wildman–Crippen MR) is 49.6 cm³/mol. The zero-order chi connectivity index (χ0) is 8.27. The zero-order valence-corrected chi connectivity index (χ0v) is 8.06.